The number of ether oxygens (including phenoxy) is 2. The molecule has 0 radical (unpaired) electrons. The third kappa shape index (κ3) is 3.34. The van der Waals surface area contributed by atoms with E-state index < -0.39 is 17.1 Å². The number of aliphatic hydroxyl groups excluding tert-OH is 1. The van der Waals surface area contributed by atoms with Crippen molar-refractivity contribution in [3.63, 3.8) is 0 Å². The zero-order valence-electron chi connectivity index (χ0n) is 12.9. The predicted octanol–water partition coefficient (Wildman–Crippen LogP) is 2.53. The first kappa shape index (κ1) is 17.3. The van der Waals surface area contributed by atoms with Crippen molar-refractivity contribution in [3.8, 4) is 5.75 Å². The Labute approximate surface area is 142 Å². The van der Waals surface area contributed by atoms with Gasteiger partial charge in [-0.15, -0.1) is 0 Å². The first-order chi connectivity index (χ1) is 10.9. The number of nitrogens with one attached hydrogen (secondary N) is 1. The lowest BCUT2D eigenvalue weighted by Gasteiger charge is -2.25. The van der Waals surface area contributed by atoms with Crippen molar-refractivity contribution in [1.82, 2.24) is 5.32 Å². The van der Waals surface area contributed by atoms with Crippen LogP contribution in [-0.2, 0) is 19.9 Å². The zero-order valence-corrected chi connectivity index (χ0v) is 14.5. The Balaban J connectivity index is 2.25. The largest absolute Gasteiger partial charge is 0.501 e. The van der Waals surface area contributed by atoms with Crippen LogP contribution in [0.3, 0.4) is 0 Å². The molecule has 2 rings (SSSR count). The van der Waals surface area contributed by atoms with Gasteiger partial charge in [-0.05, 0) is 19.4 Å². The summed E-state index contributed by atoms with van der Waals surface area (Å²) in [5.74, 6) is -1.31. The number of rotatable bonds is 6. The fourth-order valence-electron chi connectivity index (χ4n) is 2.35. The highest BCUT2D eigenvalue weighted by atomic mass is 79.9. The van der Waals surface area contributed by atoms with Gasteiger partial charge in [0.15, 0.2) is 0 Å². The molecular formula is C16H18BrNO5. The summed E-state index contributed by atoms with van der Waals surface area (Å²) < 4.78 is 10.9. The number of hydrogen-bond acceptors (Lipinski definition) is 5. The number of Topliss-reactive ketones (excluding diaryl/α,β-unsaturated/α-hetero) is 1. The fourth-order valence-corrected chi connectivity index (χ4v) is 2.63. The molecule has 0 aromatic heterocycles. The average molecular weight is 384 g/mol. The van der Waals surface area contributed by atoms with E-state index in [0.29, 0.717) is 23.1 Å². The van der Waals surface area contributed by atoms with Crippen molar-refractivity contribution in [2.75, 3.05) is 12.4 Å². The number of carbonyl (C=O) groups is 2. The summed E-state index contributed by atoms with van der Waals surface area (Å²) in [5.41, 5.74) is -0.974. The van der Waals surface area contributed by atoms with Crippen LogP contribution in [0.4, 0.5) is 0 Å². The second-order valence-electron chi connectivity index (χ2n) is 5.18. The third-order valence-electron chi connectivity index (χ3n) is 3.58. The minimum absolute atomic E-state index is 0.219. The topological polar surface area (TPSA) is 84.9 Å². The van der Waals surface area contributed by atoms with Crippen molar-refractivity contribution in [2.45, 2.75) is 25.4 Å². The van der Waals surface area contributed by atoms with E-state index in [9.17, 15) is 14.7 Å². The lowest BCUT2D eigenvalue weighted by Crippen LogP contribution is -2.32. The molecule has 23 heavy (non-hydrogen) atoms. The minimum Gasteiger partial charge on any atom is -0.501 e. The maximum atomic E-state index is 12.5. The first-order valence-corrected chi connectivity index (χ1v) is 8.22. The molecule has 7 heteroatoms. The van der Waals surface area contributed by atoms with Gasteiger partial charge in [0.25, 0.3) is 5.78 Å². The zero-order chi connectivity index (χ0) is 17.0. The number of hydrogen-bond donors (Lipinski definition) is 2. The Hall–Kier alpha value is -2.02. The van der Waals surface area contributed by atoms with Gasteiger partial charge in [0.2, 0.25) is 23.2 Å². The first-order valence-electron chi connectivity index (χ1n) is 7.10. The van der Waals surface area contributed by atoms with E-state index >= 15 is 0 Å². The van der Waals surface area contributed by atoms with E-state index in [1.165, 1.54) is 14.0 Å². The molecule has 0 aliphatic carbocycles. The van der Waals surface area contributed by atoms with Gasteiger partial charge in [-0.2, -0.15) is 0 Å². The number of ketones is 1. The molecule has 0 saturated heterocycles. The molecule has 1 atom stereocenters. The van der Waals surface area contributed by atoms with Gasteiger partial charge in [0.05, 0.1) is 7.11 Å². The van der Waals surface area contributed by atoms with Crippen molar-refractivity contribution < 1.29 is 24.2 Å². The van der Waals surface area contributed by atoms with Gasteiger partial charge >= 0.3 is 0 Å². The standard InChI is InChI=1S/C16H18BrNO5/c1-16(10-6-3-4-7-11(10)22-2)14(21)13(20)15(23-16)18-12(19)8-5-9-17/h3-4,6-7,20H,5,8-9H2,1-2H3,(H,18,19). The maximum absolute atomic E-state index is 12.5. The number of amides is 1. The molecule has 0 spiro atoms. The number of alkyl halides is 1. The highest BCUT2D eigenvalue weighted by Gasteiger charge is 2.49. The SMILES string of the molecule is COc1ccccc1C1(C)OC(NC(=O)CCCBr)=C(O)C1=O. The van der Waals surface area contributed by atoms with Gasteiger partial charge < -0.3 is 14.6 Å². The van der Waals surface area contributed by atoms with Crippen LogP contribution < -0.4 is 10.1 Å². The van der Waals surface area contributed by atoms with E-state index in [-0.39, 0.29) is 18.2 Å². The van der Waals surface area contributed by atoms with Crippen LogP contribution in [0.15, 0.2) is 35.9 Å². The second-order valence-corrected chi connectivity index (χ2v) is 5.98. The molecule has 1 aliphatic rings. The van der Waals surface area contributed by atoms with Crippen molar-refractivity contribution in [1.29, 1.82) is 0 Å². The molecule has 1 aliphatic heterocycles. The molecule has 1 amide bonds. The fraction of sp³-hybridized carbons (Fsp3) is 0.375. The summed E-state index contributed by atoms with van der Waals surface area (Å²) in [6.45, 7) is 1.53. The van der Waals surface area contributed by atoms with Gasteiger partial charge in [-0.3, -0.25) is 14.9 Å². The summed E-state index contributed by atoms with van der Waals surface area (Å²) in [7, 11) is 1.48. The van der Waals surface area contributed by atoms with Crippen LogP contribution in [0.5, 0.6) is 5.75 Å². The molecule has 0 fully saturated rings. The molecule has 1 heterocycles. The van der Waals surface area contributed by atoms with Crippen LogP contribution >= 0.6 is 15.9 Å². The van der Waals surface area contributed by atoms with E-state index in [0.717, 1.165) is 0 Å². The molecule has 0 bridgehead atoms. The van der Waals surface area contributed by atoms with E-state index in [2.05, 4.69) is 21.2 Å². The number of halogens is 1. The van der Waals surface area contributed by atoms with Crippen molar-refractivity contribution in [3.05, 3.63) is 41.5 Å². The Morgan fingerprint density at radius 3 is 2.78 bits per heavy atom. The molecular weight excluding hydrogens is 366 g/mol. The van der Waals surface area contributed by atoms with E-state index in [1.807, 2.05) is 0 Å². The van der Waals surface area contributed by atoms with Crippen LogP contribution in [0.1, 0.15) is 25.3 Å². The highest BCUT2D eigenvalue weighted by Crippen LogP contribution is 2.40. The second kappa shape index (κ2) is 7.04. The van der Waals surface area contributed by atoms with Crippen molar-refractivity contribution >= 4 is 27.6 Å². The number of methoxy groups -OCH3 is 1. The van der Waals surface area contributed by atoms with Gasteiger partial charge in [-0.25, -0.2) is 0 Å². The summed E-state index contributed by atoms with van der Waals surface area (Å²) in [4.78, 5) is 24.2. The highest BCUT2D eigenvalue weighted by molar-refractivity contribution is 9.09. The molecule has 124 valence electrons. The summed E-state index contributed by atoms with van der Waals surface area (Å²) >= 11 is 3.24. The quantitative estimate of drug-likeness (QED) is 0.737. The lowest BCUT2D eigenvalue weighted by atomic mass is 9.91. The summed E-state index contributed by atoms with van der Waals surface area (Å²) in [6, 6.07) is 6.88. The Kier molecular flexibility index (Phi) is 5.30. The van der Waals surface area contributed by atoms with Gasteiger partial charge in [0.1, 0.15) is 5.75 Å². The van der Waals surface area contributed by atoms with Crippen LogP contribution in [0.25, 0.3) is 0 Å². The van der Waals surface area contributed by atoms with Crippen LogP contribution in [0, 0.1) is 0 Å². The molecule has 1 aromatic carbocycles. The Morgan fingerprint density at radius 1 is 1.43 bits per heavy atom. The van der Waals surface area contributed by atoms with Crippen LogP contribution in [0.2, 0.25) is 0 Å². The molecule has 2 N–H and O–H groups in total. The van der Waals surface area contributed by atoms with Crippen molar-refractivity contribution in [2.24, 2.45) is 0 Å². The Bertz CT molecular complexity index is 658. The molecule has 1 aromatic rings. The Morgan fingerprint density at radius 2 is 2.13 bits per heavy atom. The van der Waals surface area contributed by atoms with Gasteiger partial charge in [-0.1, -0.05) is 34.1 Å². The molecule has 1 unspecified atom stereocenters. The molecule has 6 nitrogen and oxygen atoms in total. The summed E-state index contributed by atoms with van der Waals surface area (Å²) in [5, 5.41) is 13.2. The number of carbonyl (C=O) groups excluding carboxylic acids is 2. The minimum atomic E-state index is -1.45. The third-order valence-corrected chi connectivity index (χ3v) is 4.14. The van der Waals surface area contributed by atoms with E-state index in [4.69, 9.17) is 9.47 Å². The summed E-state index contributed by atoms with van der Waals surface area (Å²) in [6.07, 6.45) is 0.891. The monoisotopic (exact) mass is 383 g/mol. The van der Waals surface area contributed by atoms with Crippen LogP contribution in [-0.4, -0.2) is 29.2 Å². The molecule has 0 saturated carbocycles. The maximum Gasteiger partial charge on any atom is 0.250 e. The lowest BCUT2D eigenvalue weighted by molar-refractivity contribution is -0.133. The average Bonchev–Trinajstić information content (AvgIpc) is 2.77. The number of benzene rings is 1. The predicted molar refractivity (Wildman–Crippen MR) is 87.3 cm³/mol. The smallest absolute Gasteiger partial charge is 0.250 e. The normalized spacial score (nSPS) is 20.4. The van der Waals surface area contributed by atoms with E-state index in [1.54, 1.807) is 24.3 Å². The number of para-hydroxylation sites is 1. The van der Waals surface area contributed by atoms with Gasteiger partial charge in [0, 0.05) is 17.3 Å². The number of aliphatic hydroxyl groups is 1.